The average molecular weight is 912 g/mol. The fraction of sp³-hybridized carbons (Fsp3) is 0.551. The van der Waals surface area contributed by atoms with Gasteiger partial charge >= 0.3 is 6.18 Å². The number of carbonyl (C=O) groups is 4. The molecular weight excluding hydrogens is 852 g/mol. The van der Waals surface area contributed by atoms with Crippen LogP contribution >= 0.6 is 0 Å². The van der Waals surface area contributed by atoms with Crippen LogP contribution in [0.3, 0.4) is 0 Å². The van der Waals surface area contributed by atoms with Gasteiger partial charge in [-0.05, 0) is 130 Å². The van der Waals surface area contributed by atoms with Crippen molar-refractivity contribution in [2.45, 2.75) is 88.9 Å². The van der Waals surface area contributed by atoms with E-state index in [1.807, 2.05) is 27.8 Å². The SMILES string of the molecule is O=C1CCC(c2cncc(N3CCC(CN4CCC(C(=O)N5CCN(Cc6ccc7c(c6)nc(NC(=O)c6cccc(C(F)(F)F)c6)n7C6CCC(CO)CC6)CC5)CC4)CC3)c2)C(=O)N1. The van der Waals surface area contributed by atoms with Gasteiger partial charge in [-0.25, -0.2) is 4.98 Å². The molecule has 0 spiro atoms. The molecule has 1 atom stereocenters. The standard InChI is InChI=1S/C49H60F3N9O5/c50-49(51,52)38-3-1-2-36(25-38)45(64)56-48-54-42-24-34(6-10-43(42)61(48)39-7-4-33(31-62)5-8-39)30-58-20-22-60(23-21-58)47(66)35-14-16-57(17-15-35)29-32-12-18-59(19-13-32)40-26-37(27-53-28-40)41-9-11-44(63)55-46(41)65/h1-3,6,10,24-28,32-33,35,39,41,62H,4-5,7-9,11-23,29-31H2,(H,54,56,64)(H,55,63,65). The van der Waals surface area contributed by atoms with E-state index in [-0.39, 0.29) is 53.7 Å². The molecule has 14 nitrogen and oxygen atoms in total. The topological polar surface area (TPSA) is 156 Å². The van der Waals surface area contributed by atoms with E-state index < -0.39 is 17.6 Å². The first kappa shape index (κ1) is 45.8. The molecule has 9 rings (SSSR count). The normalized spacial score (nSPS) is 23.3. The maximum Gasteiger partial charge on any atom is 0.416 e. The minimum absolute atomic E-state index is 0.00621. The van der Waals surface area contributed by atoms with Crippen LogP contribution in [0.25, 0.3) is 11.0 Å². The molecule has 4 saturated heterocycles. The van der Waals surface area contributed by atoms with Crippen molar-refractivity contribution in [3.63, 3.8) is 0 Å². The summed E-state index contributed by atoms with van der Waals surface area (Å²) in [6, 6.07) is 12.5. The number of aromatic nitrogens is 3. The summed E-state index contributed by atoms with van der Waals surface area (Å²) in [5.41, 5.74) is 3.45. The van der Waals surface area contributed by atoms with Crippen LogP contribution < -0.4 is 15.5 Å². The van der Waals surface area contributed by atoms with Gasteiger partial charge in [0, 0.05) is 89.1 Å². The number of alkyl halides is 3. The number of aliphatic hydroxyl groups excluding tert-OH is 1. The van der Waals surface area contributed by atoms with Crippen molar-refractivity contribution in [3.05, 3.63) is 83.2 Å². The number of hydrogen-bond donors (Lipinski definition) is 3. The Kier molecular flexibility index (Phi) is 13.7. The molecule has 0 bridgehead atoms. The van der Waals surface area contributed by atoms with E-state index in [0.717, 1.165) is 132 Å². The number of imidazole rings is 1. The molecule has 66 heavy (non-hydrogen) atoms. The Morgan fingerprint density at radius 2 is 1.56 bits per heavy atom. The zero-order valence-electron chi connectivity index (χ0n) is 37.4. The molecule has 4 aromatic rings. The highest BCUT2D eigenvalue weighted by molar-refractivity contribution is 6.04. The van der Waals surface area contributed by atoms with Crippen molar-refractivity contribution in [2.75, 3.05) is 75.7 Å². The number of piperazine rings is 1. The number of nitrogens with zero attached hydrogens (tertiary/aromatic N) is 7. The number of likely N-dealkylation sites (tertiary alicyclic amines) is 1. The third-order valence-electron chi connectivity index (χ3n) is 14.8. The highest BCUT2D eigenvalue weighted by atomic mass is 19.4. The molecule has 5 aliphatic rings. The number of carbonyl (C=O) groups excluding carboxylic acids is 4. The summed E-state index contributed by atoms with van der Waals surface area (Å²) >= 11 is 0. The molecule has 6 heterocycles. The van der Waals surface area contributed by atoms with Crippen LogP contribution in [0.15, 0.2) is 60.9 Å². The lowest BCUT2D eigenvalue weighted by atomic mass is 9.86. The minimum atomic E-state index is -4.58. The maximum absolute atomic E-state index is 13.8. The predicted octanol–water partition coefficient (Wildman–Crippen LogP) is 6.22. The molecule has 17 heteroatoms. The van der Waals surface area contributed by atoms with Crippen LogP contribution in [0.1, 0.15) is 103 Å². The summed E-state index contributed by atoms with van der Waals surface area (Å²) in [5, 5.41) is 15.0. The molecule has 5 fully saturated rings. The fourth-order valence-electron chi connectivity index (χ4n) is 10.9. The number of aliphatic hydroxyl groups is 1. The molecule has 352 valence electrons. The van der Waals surface area contributed by atoms with Gasteiger partial charge in [0.25, 0.3) is 5.91 Å². The lowest BCUT2D eigenvalue weighted by Crippen LogP contribution is -2.51. The molecular formula is C49H60F3N9O5. The summed E-state index contributed by atoms with van der Waals surface area (Å²) in [7, 11) is 0. The first-order valence-corrected chi connectivity index (χ1v) is 23.8. The number of hydrogen-bond acceptors (Lipinski definition) is 10. The number of rotatable bonds is 11. The Morgan fingerprint density at radius 3 is 2.27 bits per heavy atom. The summed E-state index contributed by atoms with van der Waals surface area (Å²) in [4.78, 5) is 69.7. The lowest BCUT2D eigenvalue weighted by molar-refractivity contribution is -0.139. The Balaban J connectivity index is 0.747. The predicted molar refractivity (Wildman–Crippen MR) is 243 cm³/mol. The Hall–Kier alpha value is -5.39. The quantitative estimate of drug-likeness (QED) is 0.148. The molecule has 2 aromatic heterocycles. The van der Waals surface area contributed by atoms with Gasteiger partial charge < -0.3 is 24.4 Å². The first-order valence-electron chi connectivity index (χ1n) is 23.8. The number of fused-ring (bicyclic) bond motifs is 1. The summed E-state index contributed by atoms with van der Waals surface area (Å²) in [6.45, 7) is 8.36. The van der Waals surface area contributed by atoms with Crippen LogP contribution in [0, 0.1) is 17.8 Å². The number of halogens is 3. The van der Waals surface area contributed by atoms with Crippen molar-refractivity contribution < 1.29 is 37.5 Å². The van der Waals surface area contributed by atoms with Gasteiger partial charge in [-0.15, -0.1) is 0 Å². The van der Waals surface area contributed by atoms with Crippen LogP contribution in [0.4, 0.5) is 24.8 Å². The van der Waals surface area contributed by atoms with Crippen molar-refractivity contribution in [3.8, 4) is 0 Å². The van der Waals surface area contributed by atoms with Crippen LogP contribution in [-0.4, -0.2) is 123 Å². The van der Waals surface area contributed by atoms with Crippen molar-refractivity contribution in [1.29, 1.82) is 0 Å². The minimum Gasteiger partial charge on any atom is -0.396 e. The Bertz CT molecular complexity index is 2390. The van der Waals surface area contributed by atoms with E-state index in [1.165, 1.54) is 12.1 Å². The smallest absolute Gasteiger partial charge is 0.396 e. The van der Waals surface area contributed by atoms with Crippen molar-refractivity contribution >= 4 is 46.3 Å². The van der Waals surface area contributed by atoms with Crippen LogP contribution in [0.2, 0.25) is 0 Å². The monoisotopic (exact) mass is 911 g/mol. The highest BCUT2D eigenvalue weighted by Gasteiger charge is 2.34. The largest absolute Gasteiger partial charge is 0.416 e. The fourth-order valence-corrected chi connectivity index (χ4v) is 10.9. The zero-order chi connectivity index (χ0) is 46.0. The molecule has 2 aromatic carbocycles. The van der Waals surface area contributed by atoms with E-state index >= 15 is 0 Å². The third-order valence-corrected chi connectivity index (χ3v) is 14.8. The third kappa shape index (κ3) is 10.4. The second kappa shape index (κ2) is 19.8. The summed E-state index contributed by atoms with van der Waals surface area (Å²) in [5.74, 6) is -0.0770. The number of piperidine rings is 3. The van der Waals surface area contributed by atoms with E-state index in [4.69, 9.17) is 4.98 Å². The van der Waals surface area contributed by atoms with Gasteiger partial charge in [-0.3, -0.25) is 39.7 Å². The van der Waals surface area contributed by atoms with Crippen LogP contribution in [0.5, 0.6) is 0 Å². The molecule has 1 saturated carbocycles. The summed E-state index contributed by atoms with van der Waals surface area (Å²) in [6.07, 6.45) is 6.96. The van der Waals surface area contributed by atoms with Crippen LogP contribution in [-0.2, 0) is 27.1 Å². The molecule has 0 radical (unpaired) electrons. The number of pyridine rings is 1. The molecule has 1 unspecified atom stereocenters. The average Bonchev–Trinajstić information content (AvgIpc) is 3.68. The number of imide groups is 1. The maximum atomic E-state index is 13.8. The van der Waals surface area contributed by atoms with Crippen molar-refractivity contribution in [2.24, 2.45) is 17.8 Å². The zero-order valence-corrected chi connectivity index (χ0v) is 37.4. The number of anilines is 2. The highest BCUT2D eigenvalue weighted by Crippen LogP contribution is 2.38. The van der Waals surface area contributed by atoms with Gasteiger partial charge in [-0.1, -0.05) is 12.1 Å². The molecule has 1 aliphatic carbocycles. The first-order chi connectivity index (χ1) is 31.9. The molecule has 4 amide bonds. The van der Waals surface area contributed by atoms with E-state index in [0.29, 0.717) is 49.9 Å². The van der Waals surface area contributed by atoms with Crippen molar-refractivity contribution in [1.82, 2.24) is 34.6 Å². The van der Waals surface area contributed by atoms with E-state index in [9.17, 15) is 37.5 Å². The second-order valence-corrected chi connectivity index (χ2v) is 19.1. The van der Waals surface area contributed by atoms with Gasteiger partial charge in [0.2, 0.25) is 23.7 Å². The second-order valence-electron chi connectivity index (χ2n) is 19.1. The van der Waals surface area contributed by atoms with E-state index in [1.54, 1.807) is 6.20 Å². The Labute approximate surface area is 382 Å². The lowest BCUT2D eigenvalue weighted by Gasteiger charge is -2.40. The Morgan fingerprint density at radius 1 is 0.803 bits per heavy atom. The number of amides is 4. The molecule has 4 aliphatic heterocycles. The van der Waals surface area contributed by atoms with E-state index in [2.05, 4.69) is 42.5 Å². The molecule has 3 N–H and O–H groups in total. The van der Waals surface area contributed by atoms with Gasteiger partial charge in [0.1, 0.15) is 0 Å². The number of benzene rings is 2. The number of nitrogens with one attached hydrogen (secondary N) is 2. The van der Waals surface area contributed by atoms with Gasteiger partial charge in [-0.2, -0.15) is 13.2 Å². The van der Waals surface area contributed by atoms with Gasteiger partial charge in [0.15, 0.2) is 0 Å². The summed E-state index contributed by atoms with van der Waals surface area (Å²) < 4.78 is 42.4. The van der Waals surface area contributed by atoms with Gasteiger partial charge in [0.05, 0.1) is 34.4 Å².